The number of nitrogens with zero attached hydrogens (tertiary/aromatic N) is 1. The minimum absolute atomic E-state index is 0.204. The summed E-state index contributed by atoms with van der Waals surface area (Å²) in [5, 5.41) is 5.38. The zero-order valence-electron chi connectivity index (χ0n) is 10.7. The molecule has 0 bridgehead atoms. The van der Waals surface area contributed by atoms with E-state index in [2.05, 4.69) is 26.2 Å². The zero-order valence-corrected chi connectivity index (χ0v) is 13.1. The summed E-state index contributed by atoms with van der Waals surface area (Å²) in [6.45, 7) is 4.27. The molecule has 4 nitrogen and oxygen atoms in total. The third-order valence-corrected chi connectivity index (χ3v) is 4.02. The van der Waals surface area contributed by atoms with E-state index in [0.717, 1.165) is 26.3 Å². The second kappa shape index (κ2) is 5.81. The Morgan fingerprint density at radius 3 is 2.58 bits per heavy atom. The first kappa shape index (κ1) is 14.2. The van der Waals surface area contributed by atoms with Gasteiger partial charge in [0.1, 0.15) is 10.7 Å². The van der Waals surface area contributed by atoms with Crippen molar-refractivity contribution in [3.63, 3.8) is 0 Å². The van der Waals surface area contributed by atoms with Crippen molar-refractivity contribution in [1.82, 2.24) is 4.98 Å². The minimum atomic E-state index is -0.204. The highest BCUT2D eigenvalue weighted by atomic mass is 79.9. The number of aryl methyl sites for hydroxylation is 2. The van der Waals surface area contributed by atoms with Crippen molar-refractivity contribution in [2.24, 2.45) is 5.73 Å². The largest absolute Gasteiger partial charge is 0.325 e. The smallest absolute Gasteiger partial charge is 0.275 e. The van der Waals surface area contributed by atoms with Crippen LogP contribution in [0.15, 0.2) is 22.0 Å². The van der Waals surface area contributed by atoms with Crippen LogP contribution in [0.4, 0.5) is 5.69 Å². The molecule has 100 valence electrons. The van der Waals surface area contributed by atoms with Crippen LogP contribution in [0.1, 0.15) is 26.6 Å². The Morgan fingerprint density at radius 2 is 2.05 bits per heavy atom. The molecule has 6 heteroatoms. The van der Waals surface area contributed by atoms with Gasteiger partial charge in [-0.3, -0.25) is 4.79 Å². The summed E-state index contributed by atoms with van der Waals surface area (Å²) in [5.74, 6) is -0.204. The lowest BCUT2D eigenvalue weighted by molar-refractivity contribution is 0.102. The molecule has 0 radical (unpaired) electrons. The van der Waals surface area contributed by atoms with E-state index < -0.39 is 0 Å². The number of amides is 1. The zero-order chi connectivity index (χ0) is 14.0. The first-order valence-electron chi connectivity index (χ1n) is 5.74. The summed E-state index contributed by atoms with van der Waals surface area (Å²) in [7, 11) is 0. The Labute approximate surface area is 124 Å². The predicted octanol–water partition coefficient (Wildman–Crippen LogP) is 3.23. The monoisotopic (exact) mass is 339 g/mol. The van der Waals surface area contributed by atoms with E-state index in [0.29, 0.717) is 12.2 Å². The van der Waals surface area contributed by atoms with Crippen molar-refractivity contribution in [1.29, 1.82) is 0 Å². The highest BCUT2D eigenvalue weighted by Gasteiger charge is 2.13. The first-order chi connectivity index (χ1) is 9.01. The van der Waals surface area contributed by atoms with Crippen LogP contribution in [-0.4, -0.2) is 10.9 Å². The molecular weight excluding hydrogens is 326 g/mol. The number of nitrogens with two attached hydrogens (primary N) is 1. The van der Waals surface area contributed by atoms with Gasteiger partial charge in [-0.1, -0.05) is 15.9 Å². The van der Waals surface area contributed by atoms with Gasteiger partial charge in [-0.2, -0.15) is 0 Å². The van der Waals surface area contributed by atoms with Crippen molar-refractivity contribution < 1.29 is 4.79 Å². The molecule has 1 aromatic carbocycles. The number of benzene rings is 1. The Kier molecular flexibility index (Phi) is 4.34. The molecule has 0 atom stereocenters. The molecule has 1 heterocycles. The molecule has 3 N–H and O–H groups in total. The average Bonchev–Trinajstić information content (AvgIpc) is 2.82. The molecule has 1 aromatic heterocycles. The van der Waals surface area contributed by atoms with Gasteiger partial charge in [0.2, 0.25) is 0 Å². The number of thiazole rings is 1. The van der Waals surface area contributed by atoms with Gasteiger partial charge < -0.3 is 11.1 Å². The van der Waals surface area contributed by atoms with Gasteiger partial charge in [0.15, 0.2) is 0 Å². The van der Waals surface area contributed by atoms with Gasteiger partial charge in [-0.15, -0.1) is 11.3 Å². The minimum Gasteiger partial charge on any atom is -0.325 e. The van der Waals surface area contributed by atoms with Crippen LogP contribution >= 0.6 is 27.3 Å². The number of nitrogens with one attached hydrogen (secondary N) is 1. The summed E-state index contributed by atoms with van der Waals surface area (Å²) in [5.41, 5.74) is 8.75. The summed E-state index contributed by atoms with van der Waals surface area (Å²) in [6, 6.07) is 3.93. The molecule has 0 fully saturated rings. The van der Waals surface area contributed by atoms with E-state index >= 15 is 0 Å². The van der Waals surface area contributed by atoms with E-state index in [1.54, 1.807) is 5.38 Å². The lowest BCUT2D eigenvalue weighted by Gasteiger charge is -2.11. The van der Waals surface area contributed by atoms with Crippen LogP contribution < -0.4 is 11.1 Å². The van der Waals surface area contributed by atoms with Crippen molar-refractivity contribution in [2.75, 3.05) is 5.32 Å². The van der Waals surface area contributed by atoms with Crippen molar-refractivity contribution in [3.8, 4) is 0 Å². The molecule has 0 aliphatic heterocycles. The van der Waals surface area contributed by atoms with Crippen LogP contribution in [-0.2, 0) is 6.54 Å². The first-order valence-corrected chi connectivity index (χ1v) is 7.41. The van der Waals surface area contributed by atoms with Gasteiger partial charge >= 0.3 is 0 Å². The van der Waals surface area contributed by atoms with Crippen LogP contribution in [0, 0.1) is 13.8 Å². The Hall–Kier alpha value is -1.24. The maximum absolute atomic E-state index is 12.1. The fraction of sp³-hybridized carbons (Fsp3) is 0.231. The van der Waals surface area contributed by atoms with Crippen LogP contribution in [0.2, 0.25) is 0 Å². The van der Waals surface area contributed by atoms with Crippen LogP contribution in [0.5, 0.6) is 0 Å². The van der Waals surface area contributed by atoms with Crippen molar-refractivity contribution >= 4 is 38.9 Å². The Balaban J connectivity index is 2.24. The number of aromatic nitrogens is 1. The third kappa shape index (κ3) is 3.20. The Morgan fingerprint density at radius 1 is 1.42 bits per heavy atom. The van der Waals surface area contributed by atoms with E-state index in [9.17, 15) is 4.79 Å². The number of rotatable bonds is 3. The Bertz CT molecular complexity index is 601. The third-order valence-electron chi connectivity index (χ3n) is 2.70. The molecule has 1 amide bonds. The van der Waals surface area contributed by atoms with Gasteiger partial charge in [0.05, 0.1) is 0 Å². The fourth-order valence-corrected chi connectivity index (χ4v) is 3.14. The number of hydrogen-bond donors (Lipinski definition) is 2. The molecule has 0 aliphatic rings. The number of carbonyl (C=O) groups excluding carboxylic acids is 1. The summed E-state index contributed by atoms with van der Waals surface area (Å²) >= 11 is 4.83. The van der Waals surface area contributed by atoms with Crippen LogP contribution in [0.25, 0.3) is 0 Å². The second-order valence-corrected chi connectivity index (χ2v) is 6.06. The SMILES string of the molecule is Cc1cc(Br)cc(C)c1NC(=O)c1csc(CN)n1. The van der Waals surface area contributed by atoms with E-state index in [4.69, 9.17) is 5.73 Å². The topological polar surface area (TPSA) is 68.0 Å². The average molecular weight is 340 g/mol. The second-order valence-electron chi connectivity index (χ2n) is 4.20. The normalized spacial score (nSPS) is 10.5. The van der Waals surface area contributed by atoms with Gasteiger partial charge in [0.25, 0.3) is 5.91 Å². The van der Waals surface area contributed by atoms with Crippen molar-refractivity contribution in [3.05, 3.63) is 43.8 Å². The standard InChI is InChI=1S/C13H14BrN3OS/c1-7-3-9(14)4-8(2)12(7)17-13(18)10-6-19-11(5-15)16-10/h3-4,6H,5,15H2,1-2H3,(H,17,18). The maximum atomic E-state index is 12.1. The van der Waals surface area contributed by atoms with Gasteiger partial charge in [0, 0.05) is 22.1 Å². The van der Waals surface area contributed by atoms with E-state index in [-0.39, 0.29) is 5.91 Å². The number of hydrogen-bond acceptors (Lipinski definition) is 4. The quantitative estimate of drug-likeness (QED) is 0.901. The number of carbonyl (C=O) groups is 1. The highest BCUT2D eigenvalue weighted by Crippen LogP contribution is 2.25. The van der Waals surface area contributed by atoms with Gasteiger partial charge in [-0.05, 0) is 37.1 Å². The molecule has 0 saturated heterocycles. The van der Waals surface area contributed by atoms with E-state index in [1.165, 1.54) is 11.3 Å². The lowest BCUT2D eigenvalue weighted by Crippen LogP contribution is -2.14. The molecule has 0 saturated carbocycles. The molecular formula is C13H14BrN3OS. The van der Waals surface area contributed by atoms with Crippen LogP contribution in [0.3, 0.4) is 0 Å². The molecule has 0 unspecified atom stereocenters. The predicted molar refractivity (Wildman–Crippen MR) is 81.6 cm³/mol. The number of halogens is 1. The maximum Gasteiger partial charge on any atom is 0.275 e. The van der Waals surface area contributed by atoms with Gasteiger partial charge in [-0.25, -0.2) is 4.98 Å². The molecule has 0 spiro atoms. The van der Waals surface area contributed by atoms with Crippen molar-refractivity contribution in [2.45, 2.75) is 20.4 Å². The number of anilines is 1. The van der Waals surface area contributed by atoms with E-state index in [1.807, 2.05) is 26.0 Å². The molecule has 0 aliphatic carbocycles. The fourth-order valence-electron chi connectivity index (χ4n) is 1.79. The summed E-state index contributed by atoms with van der Waals surface area (Å²) in [6.07, 6.45) is 0. The lowest BCUT2D eigenvalue weighted by atomic mass is 10.1. The molecule has 19 heavy (non-hydrogen) atoms. The molecule has 2 aromatic rings. The molecule has 2 rings (SSSR count). The summed E-state index contributed by atoms with van der Waals surface area (Å²) < 4.78 is 1.000. The summed E-state index contributed by atoms with van der Waals surface area (Å²) in [4.78, 5) is 16.3. The highest BCUT2D eigenvalue weighted by molar-refractivity contribution is 9.10.